The zero-order valence-electron chi connectivity index (χ0n) is 19.7. The van der Waals surface area contributed by atoms with Crippen LogP contribution in [0.25, 0.3) is 0 Å². The van der Waals surface area contributed by atoms with Crippen molar-refractivity contribution in [3.8, 4) is 6.07 Å². The van der Waals surface area contributed by atoms with Crippen molar-refractivity contribution in [2.75, 3.05) is 4.90 Å². The fourth-order valence-corrected chi connectivity index (χ4v) is 5.94. The lowest BCUT2D eigenvalue weighted by molar-refractivity contribution is -0.384. The van der Waals surface area contributed by atoms with E-state index in [-0.39, 0.29) is 40.2 Å². The molecule has 2 atom stereocenters. The molecule has 0 aromatic heterocycles. The van der Waals surface area contributed by atoms with Crippen molar-refractivity contribution in [2.45, 2.75) is 24.7 Å². The van der Waals surface area contributed by atoms with Gasteiger partial charge in [-0.2, -0.15) is 5.26 Å². The normalized spacial score (nSPS) is 19.3. The highest BCUT2D eigenvalue weighted by Gasteiger charge is 2.43. The van der Waals surface area contributed by atoms with Crippen LogP contribution in [0.1, 0.15) is 35.8 Å². The highest BCUT2D eigenvalue weighted by Crippen LogP contribution is 2.50. The van der Waals surface area contributed by atoms with Gasteiger partial charge in [0.05, 0.1) is 28.2 Å². The number of benzene rings is 3. The molecular formula is C28H19Cl3N4O3. The molecule has 2 N–H and O–H groups in total. The van der Waals surface area contributed by atoms with Crippen LogP contribution >= 0.6 is 34.8 Å². The van der Waals surface area contributed by atoms with Gasteiger partial charge in [-0.05, 0) is 47.7 Å². The van der Waals surface area contributed by atoms with Crippen molar-refractivity contribution in [2.24, 2.45) is 5.73 Å². The van der Waals surface area contributed by atoms with Crippen LogP contribution in [-0.4, -0.2) is 10.7 Å². The zero-order valence-corrected chi connectivity index (χ0v) is 22.0. The van der Waals surface area contributed by atoms with Crippen LogP contribution in [0.3, 0.4) is 0 Å². The van der Waals surface area contributed by atoms with Crippen LogP contribution in [0, 0.1) is 21.4 Å². The molecule has 0 fully saturated rings. The van der Waals surface area contributed by atoms with E-state index >= 15 is 0 Å². The molecule has 1 aliphatic heterocycles. The summed E-state index contributed by atoms with van der Waals surface area (Å²) < 4.78 is 0. The maximum Gasteiger partial charge on any atom is 0.288 e. The van der Waals surface area contributed by atoms with Crippen LogP contribution in [0.2, 0.25) is 15.1 Å². The van der Waals surface area contributed by atoms with Gasteiger partial charge in [-0.25, -0.2) is 0 Å². The Morgan fingerprint density at radius 2 is 1.66 bits per heavy atom. The lowest BCUT2D eigenvalue weighted by atomic mass is 9.71. The van der Waals surface area contributed by atoms with E-state index in [0.29, 0.717) is 39.0 Å². The second-order valence-corrected chi connectivity index (χ2v) is 10.4. The van der Waals surface area contributed by atoms with Gasteiger partial charge in [0.15, 0.2) is 5.78 Å². The molecule has 1 heterocycles. The Morgan fingerprint density at radius 3 is 2.29 bits per heavy atom. The summed E-state index contributed by atoms with van der Waals surface area (Å²) in [5, 5.41) is 22.5. The van der Waals surface area contributed by atoms with Crippen LogP contribution in [0.5, 0.6) is 0 Å². The van der Waals surface area contributed by atoms with Crippen molar-refractivity contribution in [1.82, 2.24) is 0 Å². The SMILES string of the molecule is N#CC1=C(N)N(c2cc(Cl)cc(Cl)c2)C2=C(C(=O)C[C@@H](c3ccccc3)C2)[C@H]1c1ccc(Cl)c([N+](=O)[O-])c1. The number of nitro groups is 1. The highest BCUT2D eigenvalue weighted by molar-refractivity contribution is 6.35. The van der Waals surface area contributed by atoms with Gasteiger partial charge < -0.3 is 5.73 Å². The lowest BCUT2D eigenvalue weighted by Gasteiger charge is -2.41. The maximum atomic E-state index is 13.9. The number of rotatable bonds is 4. The molecule has 10 heteroatoms. The molecule has 0 saturated carbocycles. The number of halogens is 3. The minimum absolute atomic E-state index is 0.0477. The van der Waals surface area contributed by atoms with Gasteiger partial charge in [0.2, 0.25) is 0 Å². The number of allylic oxidation sites excluding steroid dienone is 3. The standard InChI is InChI=1S/C28H19Cl3N4O3/c29-18-11-19(30)13-20(12-18)34-24-9-17(15-4-2-1-3-5-15)10-25(36)27(24)26(21(14-32)28(34)33)16-6-7-22(31)23(8-16)35(37)38/h1-8,11-13,17,26H,9-10,33H2/t17-,26-/m0/s1. The highest BCUT2D eigenvalue weighted by atomic mass is 35.5. The molecule has 2 aliphatic rings. The third-order valence-electron chi connectivity index (χ3n) is 6.84. The molecule has 1 aliphatic carbocycles. The van der Waals surface area contributed by atoms with Crippen molar-refractivity contribution in [1.29, 1.82) is 5.26 Å². The second kappa shape index (κ2) is 10.1. The van der Waals surface area contributed by atoms with E-state index in [0.717, 1.165) is 5.56 Å². The Kier molecular flexibility index (Phi) is 6.89. The van der Waals surface area contributed by atoms with Crippen LogP contribution in [0.15, 0.2) is 89.4 Å². The third kappa shape index (κ3) is 4.52. The summed E-state index contributed by atoms with van der Waals surface area (Å²) in [6.45, 7) is 0. The Bertz CT molecular complexity index is 1570. The number of nitro benzene ring substituents is 1. The molecule has 3 aromatic carbocycles. The fraction of sp³-hybridized carbons (Fsp3) is 0.143. The predicted molar refractivity (Wildman–Crippen MR) is 147 cm³/mol. The number of anilines is 1. The number of Topliss-reactive ketones (excluding diaryl/α,β-unsaturated/α-hetero) is 1. The van der Waals surface area contributed by atoms with Gasteiger partial charge >= 0.3 is 0 Å². The summed E-state index contributed by atoms with van der Waals surface area (Å²) in [4.78, 5) is 26.6. The molecule has 0 unspecified atom stereocenters. The molecule has 0 bridgehead atoms. The molecule has 0 amide bonds. The van der Waals surface area contributed by atoms with Crippen molar-refractivity contribution in [3.63, 3.8) is 0 Å². The summed E-state index contributed by atoms with van der Waals surface area (Å²) in [6.07, 6.45) is 0.637. The van der Waals surface area contributed by atoms with E-state index in [1.807, 2.05) is 30.3 Å². The van der Waals surface area contributed by atoms with E-state index in [1.54, 1.807) is 29.2 Å². The third-order valence-corrected chi connectivity index (χ3v) is 7.60. The minimum Gasteiger partial charge on any atom is -0.384 e. The first-order valence-electron chi connectivity index (χ1n) is 11.6. The first kappa shape index (κ1) is 25.8. The Morgan fingerprint density at radius 1 is 0.974 bits per heavy atom. The predicted octanol–water partition coefficient (Wildman–Crippen LogP) is 7.25. The first-order chi connectivity index (χ1) is 18.2. The van der Waals surface area contributed by atoms with E-state index in [4.69, 9.17) is 40.5 Å². The molecule has 38 heavy (non-hydrogen) atoms. The maximum absolute atomic E-state index is 13.9. The van der Waals surface area contributed by atoms with Gasteiger partial charge in [-0.1, -0.05) is 71.2 Å². The zero-order chi connectivity index (χ0) is 27.1. The van der Waals surface area contributed by atoms with Crippen LogP contribution in [-0.2, 0) is 4.79 Å². The second-order valence-electron chi connectivity index (χ2n) is 9.07. The monoisotopic (exact) mass is 564 g/mol. The van der Waals surface area contributed by atoms with Crippen molar-refractivity contribution < 1.29 is 9.72 Å². The van der Waals surface area contributed by atoms with E-state index in [9.17, 15) is 20.2 Å². The number of carbonyl (C=O) groups is 1. The Hall–Kier alpha value is -3.83. The molecule has 0 saturated heterocycles. The quantitative estimate of drug-likeness (QED) is 0.263. The van der Waals surface area contributed by atoms with E-state index in [1.165, 1.54) is 12.1 Å². The molecular weight excluding hydrogens is 547 g/mol. The average molecular weight is 566 g/mol. The molecule has 3 aromatic rings. The van der Waals surface area contributed by atoms with Gasteiger partial charge in [0.25, 0.3) is 5.69 Å². The number of nitriles is 1. The van der Waals surface area contributed by atoms with Crippen LogP contribution in [0.4, 0.5) is 11.4 Å². The topological polar surface area (TPSA) is 113 Å². The first-order valence-corrected chi connectivity index (χ1v) is 12.7. The van der Waals surface area contributed by atoms with Gasteiger partial charge in [0, 0.05) is 33.8 Å². The molecule has 7 nitrogen and oxygen atoms in total. The molecule has 5 rings (SSSR count). The van der Waals surface area contributed by atoms with Gasteiger partial charge in [0.1, 0.15) is 10.8 Å². The molecule has 190 valence electrons. The average Bonchev–Trinajstić information content (AvgIpc) is 2.88. The molecule has 0 spiro atoms. The molecule has 0 radical (unpaired) electrons. The Labute approximate surface area is 233 Å². The van der Waals surface area contributed by atoms with E-state index < -0.39 is 10.8 Å². The summed E-state index contributed by atoms with van der Waals surface area (Å²) in [5.74, 6) is -1.13. The number of ketones is 1. The van der Waals surface area contributed by atoms with E-state index in [2.05, 4.69) is 6.07 Å². The number of carbonyl (C=O) groups excluding carboxylic acids is 1. The summed E-state index contributed by atoms with van der Waals surface area (Å²) in [5.41, 5.74) is 9.23. The van der Waals surface area contributed by atoms with Gasteiger partial charge in [-0.15, -0.1) is 0 Å². The van der Waals surface area contributed by atoms with Crippen molar-refractivity contribution in [3.05, 3.63) is 126 Å². The summed E-state index contributed by atoms with van der Waals surface area (Å²) >= 11 is 18.7. The Balaban J connectivity index is 1.77. The number of nitrogens with two attached hydrogens (primary N) is 1. The summed E-state index contributed by atoms with van der Waals surface area (Å²) in [7, 11) is 0. The fourth-order valence-electron chi connectivity index (χ4n) is 5.24. The number of nitrogens with zero attached hydrogens (tertiary/aromatic N) is 3. The summed E-state index contributed by atoms with van der Waals surface area (Å²) in [6, 6.07) is 21.0. The largest absolute Gasteiger partial charge is 0.384 e. The number of hydrogen-bond donors (Lipinski definition) is 1. The number of hydrogen-bond acceptors (Lipinski definition) is 6. The lowest BCUT2D eigenvalue weighted by Crippen LogP contribution is -2.40. The minimum atomic E-state index is -0.902. The smallest absolute Gasteiger partial charge is 0.288 e. The van der Waals surface area contributed by atoms with Gasteiger partial charge in [-0.3, -0.25) is 19.8 Å². The van der Waals surface area contributed by atoms with Crippen molar-refractivity contribution >= 4 is 52.0 Å². The van der Waals surface area contributed by atoms with Crippen LogP contribution < -0.4 is 10.6 Å².